The molecule has 138 valence electrons. The topological polar surface area (TPSA) is 21.6 Å². The largest absolute Gasteiger partial charge is 0.486 e. The first kappa shape index (κ1) is 19.3. The smallest absolute Gasteiger partial charge is 0.137 e. The molecule has 2 heterocycles. The van der Waals surface area contributed by atoms with Gasteiger partial charge in [0.15, 0.2) is 0 Å². The summed E-state index contributed by atoms with van der Waals surface area (Å²) in [6.45, 7) is 8.81. The van der Waals surface area contributed by atoms with Gasteiger partial charge in [-0.15, -0.1) is 24.2 Å². The summed E-state index contributed by atoms with van der Waals surface area (Å²) in [4.78, 5) is 6.41. The molecular formula is C22H26ClNOS. The lowest BCUT2D eigenvalue weighted by Crippen LogP contribution is -2.30. The predicted molar refractivity (Wildman–Crippen MR) is 114 cm³/mol. The lowest BCUT2D eigenvalue weighted by Gasteiger charge is -2.31. The molecule has 2 nitrogen and oxygen atoms in total. The molecule has 4 rings (SSSR count). The van der Waals surface area contributed by atoms with Crippen LogP contribution in [0.2, 0.25) is 0 Å². The van der Waals surface area contributed by atoms with Gasteiger partial charge in [0.1, 0.15) is 11.4 Å². The molecule has 0 aliphatic carbocycles. The molecule has 0 radical (unpaired) electrons. The lowest BCUT2D eigenvalue weighted by molar-refractivity contribution is 0.135. The summed E-state index contributed by atoms with van der Waals surface area (Å²) < 4.78 is 6.34. The van der Waals surface area contributed by atoms with Crippen LogP contribution >= 0.6 is 24.2 Å². The Bertz CT molecular complexity index is 871. The maximum absolute atomic E-state index is 6.34. The Hall–Kier alpha value is -1.45. The summed E-state index contributed by atoms with van der Waals surface area (Å²) >= 11 is 1.78. The third-order valence-electron chi connectivity index (χ3n) is 4.95. The fourth-order valence-corrected chi connectivity index (χ4v) is 4.64. The number of halogens is 1. The first-order valence-corrected chi connectivity index (χ1v) is 10.1. The molecule has 0 saturated heterocycles. The molecule has 0 spiro atoms. The van der Waals surface area contributed by atoms with Gasteiger partial charge in [-0.1, -0.05) is 30.3 Å². The predicted octanol–water partition coefficient (Wildman–Crippen LogP) is 5.72. The fourth-order valence-electron chi connectivity index (χ4n) is 4.03. The Morgan fingerprint density at radius 1 is 1.04 bits per heavy atom. The van der Waals surface area contributed by atoms with Crippen molar-refractivity contribution in [3.63, 3.8) is 0 Å². The van der Waals surface area contributed by atoms with Crippen LogP contribution in [0.4, 0.5) is 0 Å². The Balaban J connectivity index is 0.00000196. The summed E-state index contributed by atoms with van der Waals surface area (Å²) in [5.41, 5.74) is 6.13. The van der Waals surface area contributed by atoms with Gasteiger partial charge in [0.05, 0.1) is 11.3 Å². The molecule has 0 unspecified atom stereocenters. The summed E-state index contributed by atoms with van der Waals surface area (Å²) in [7, 11) is 0. The van der Waals surface area contributed by atoms with Gasteiger partial charge in [-0.05, 0) is 52.0 Å². The number of ether oxygens (including phenoxy) is 1. The lowest BCUT2D eigenvalue weighted by atomic mass is 9.81. The van der Waals surface area contributed by atoms with E-state index in [9.17, 15) is 0 Å². The number of thioether (sulfide) groups is 1. The first-order chi connectivity index (χ1) is 11.8. The van der Waals surface area contributed by atoms with E-state index >= 15 is 0 Å². The molecule has 0 N–H and O–H groups in total. The second-order valence-electron chi connectivity index (χ2n) is 8.27. The third-order valence-corrected chi connectivity index (χ3v) is 5.69. The van der Waals surface area contributed by atoms with E-state index in [0.717, 1.165) is 24.3 Å². The Morgan fingerprint density at radius 2 is 1.73 bits per heavy atom. The molecular weight excluding hydrogens is 362 g/mol. The van der Waals surface area contributed by atoms with Crippen molar-refractivity contribution in [1.82, 2.24) is 0 Å². The van der Waals surface area contributed by atoms with Crippen molar-refractivity contribution >= 4 is 29.9 Å². The van der Waals surface area contributed by atoms with Crippen LogP contribution in [0.1, 0.15) is 49.9 Å². The number of aliphatic imine (C=N–C) groups is 1. The second kappa shape index (κ2) is 6.61. The molecule has 2 aliphatic rings. The van der Waals surface area contributed by atoms with Gasteiger partial charge in [0.2, 0.25) is 0 Å². The van der Waals surface area contributed by atoms with E-state index in [1.165, 1.54) is 27.1 Å². The molecule has 4 heteroatoms. The third kappa shape index (κ3) is 3.27. The highest BCUT2D eigenvalue weighted by Crippen LogP contribution is 2.47. The van der Waals surface area contributed by atoms with Crippen LogP contribution in [0.5, 0.6) is 5.75 Å². The van der Waals surface area contributed by atoms with E-state index in [4.69, 9.17) is 9.73 Å². The molecule has 2 aromatic rings. The van der Waals surface area contributed by atoms with Crippen molar-refractivity contribution in [2.75, 3.05) is 6.26 Å². The highest BCUT2D eigenvalue weighted by molar-refractivity contribution is 7.98. The Kier molecular flexibility index (Phi) is 4.91. The average Bonchev–Trinajstić information content (AvgIpc) is 2.88. The molecule has 0 atom stereocenters. The summed E-state index contributed by atoms with van der Waals surface area (Å²) in [5.74, 6) is 1.07. The van der Waals surface area contributed by atoms with Gasteiger partial charge in [-0.25, -0.2) is 0 Å². The van der Waals surface area contributed by atoms with Crippen molar-refractivity contribution < 1.29 is 4.74 Å². The summed E-state index contributed by atoms with van der Waals surface area (Å²) in [6.07, 6.45) is 4.04. The van der Waals surface area contributed by atoms with Gasteiger partial charge < -0.3 is 4.74 Å². The Labute approximate surface area is 166 Å². The number of nitrogens with zero attached hydrogens (tertiary/aromatic N) is 1. The maximum atomic E-state index is 6.34. The van der Waals surface area contributed by atoms with E-state index in [0.29, 0.717) is 0 Å². The highest BCUT2D eigenvalue weighted by Gasteiger charge is 2.39. The normalized spacial score (nSPS) is 18.9. The zero-order chi connectivity index (χ0) is 17.8. The zero-order valence-corrected chi connectivity index (χ0v) is 17.7. The molecule has 0 saturated carbocycles. The quantitative estimate of drug-likeness (QED) is 0.615. The number of rotatable bonds is 2. The molecule has 0 amide bonds. The molecule has 0 bridgehead atoms. The van der Waals surface area contributed by atoms with E-state index in [1.54, 1.807) is 11.8 Å². The number of hydrogen-bond acceptors (Lipinski definition) is 3. The maximum Gasteiger partial charge on any atom is 0.137 e. The number of fused-ring (bicyclic) bond motifs is 3. The Morgan fingerprint density at radius 3 is 2.38 bits per heavy atom. The van der Waals surface area contributed by atoms with Crippen LogP contribution in [-0.4, -0.2) is 23.1 Å². The van der Waals surface area contributed by atoms with Crippen molar-refractivity contribution in [3.8, 4) is 5.75 Å². The molecule has 0 fully saturated rings. The van der Waals surface area contributed by atoms with Crippen LogP contribution in [0.3, 0.4) is 0 Å². The molecule has 0 aromatic heterocycles. The van der Waals surface area contributed by atoms with Gasteiger partial charge >= 0.3 is 0 Å². The van der Waals surface area contributed by atoms with E-state index in [2.05, 4.69) is 70.3 Å². The van der Waals surface area contributed by atoms with E-state index in [-0.39, 0.29) is 23.5 Å². The number of hydrogen-bond donors (Lipinski definition) is 0. The van der Waals surface area contributed by atoms with Crippen LogP contribution < -0.4 is 4.74 Å². The van der Waals surface area contributed by atoms with Gasteiger partial charge in [-0.3, -0.25) is 4.99 Å². The van der Waals surface area contributed by atoms with Crippen LogP contribution in [0.15, 0.2) is 46.3 Å². The fraction of sp³-hybridized carbons (Fsp3) is 0.409. The van der Waals surface area contributed by atoms with Crippen LogP contribution in [-0.2, 0) is 12.8 Å². The van der Waals surface area contributed by atoms with Crippen molar-refractivity contribution in [2.24, 2.45) is 4.99 Å². The van der Waals surface area contributed by atoms with Crippen molar-refractivity contribution in [3.05, 3.63) is 58.7 Å². The SMILES string of the molecule is CSc1cc2c(c3c1OC(C)(C)C3)C(c1ccccc1)=NC(C)(C)C2.Cl. The zero-order valence-electron chi connectivity index (χ0n) is 16.1. The minimum atomic E-state index is -0.156. The standard InChI is InChI=1S/C22H25NOS.ClH/c1-21(2)12-15-11-17(25-5)20-16(13-22(3,4)24-20)18(15)19(23-21)14-9-7-6-8-10-14;/h6-11H,12-13H2,1-5H3;1H. The minimum Gasteiger partial charge on any atom is -0.486 e. The second-order valence-corrected chi connectivity index (χ2v) is 9.12. The van der Waals surface area contributed by atoms with Crippen LogP contribution in [0.25, 0.3) is 0 Å². The van der Waals surface area contributed by atoms with Gasteiger partial charge in [-0.2, -0.15) is 0 Å². The average molecular weight is 388 g/mol. The first-order valence-electron chi connectivity index (χ1n) is 8.87. The molecule has 2 aliphatic heterocycles. The summed E-state index contributed by atoms with van der Waals surface area (Å²) in [5, 5.41) is 0. The van der Waals surface area contributed by atoms with Gasteiger partial charge in [0.25, 0.3) is 0 Å². The molecule has 26 heavy (non-hydrogen) atoms. The van der Waals surface area contributed by atoms with Gasteiger partial charge in [0, 0.05) is 28.0 Å². The van der Waals surface area contributed by atoms with E-state index in [1.807, 2.05) is 0 Å². The monoisotopic (exact) mass is 387 g/mol. The highest BCUT2D eigenvalue weighted by atomic mass is 35.5. The van der Waals surface area contributed by atoms with Crippen molar-refractivity contribution in [2.45, 2.75) is 56.6 Å². The summed E-state index contributed by atoms with van der Waals surface area (Å²) in [6, 6.07) is 12.9. The van der Waals surface area contributed by atoms with E-state index < -0.39 is 0 Å². The minimum absolute atomic E-state index is 0. The molecule has 2 aromatic carbocycles. The van der Waals surface area contributed by atoms with Crippen molar-refractivity contribution in [1.29, 1.82) is 0 Å². The van der Waals surface area contributed by atoms with Crippen LogP contribution in [0, 0.1) is 0 Å². The number of benzene rings is 2.